The average molecular weight is 414 g/mol. The zero-order valence-electron chi connectivity index (χ0n) is 17.0. The normalized spacial score (nSPS) is 20.8. The fourth-order valence-electron chi connectivity index (χ4n) is 3.66. The highest BCUT2D eigenvalue weighted by Crippen LogP contribution is 2.45. The van der Waals surface area contributed by atoms with Gasteiger partial charge < -0.3 is 30.9 Å². The second-order valence-electron chi connectivity index (χ2n) is 8.31. The number of benzene rings is 1. The molecule has 25 heavy (non-hydrogen) atoms. The molecule has 2 rings (SSSR count). The molecular formula is C20H32BrNO3. The van der Waals surface area contributed by atoms with Gasteiger partial charge in [0.25, 0.3) is 0 Å². The number of esters is 1. The minimum absolute atomic E-state index is 0. The van der Waals surface area contributed by atoms with E-state index < -0.39 is 0 Å². The van der Waals surface area contributed by atoms with Gasteiger partial charge in [0.2, 0.25) is 0 Å². The summed E-state index contributed by atoms with van der Waals surface area (Å²) in [5.41, 5.74) is 4.07. The van der Waals surface area contributed by atoms with Crippen molar-refractivity contribution in [3.05, 3.63) is 22.3 Å². The van der Waals surface area contributed by atoms with Gasteiger partial charge in [0.1, 0.15) is 17.5 Å². The highest BCUT2D eigenvalue weighted by atomic mass is 79.9. The number of carbonyl (C=O) groups is 1. The predicted molar refractivity (Wildman–Crippen MR) is 96.8 cm³/mol. The van der Waals surface area contributed by atoms with E-state index in [0.29, 0.717) is 11.8 Å². The molecule has 1 aliphatic heterocycles. The lowest BCUT2D eigenvalue weighted by molar-refractivity contribution is -0.901. The molecule has 5 heteroatoms. The Balaban J connectivity index is 0.00000312. The summed E-state index contributed by atoms with van der Waals surface area (Å²) < 4.78 is 12.9. The molecule has 142 valence electrons. The molecule has 0 saturated heterocycles. The summed E-state index contributed by atoms with van der Waals surface area (Å²) in [6.07, 6.45) is 1.90. The van der Waals surface area contributed by atoms with Crippen molar-refractivity contribution in [1.82, 2.24) is 0 Å². The van der Waals surface area contributed by atoms with E-state index in [4.69, 9.17) is 9.47 Å². The maximum Gasteiger partial charge on any atom is 0.308 e. The van der Waals surface area contributed by atoms with E-state index in [1.807, 2.05) is 13.8 Å². The molecule has 2 unspecified atom stereocenters. The van der Waals surface area contributed by atoms with Crippen molar-refractivity contribution in [1.29, 1.82) is 0 Å². The van der Waals surface area contributed by atoms with Gasteiger partial charge in [-0.05, 0) is 64.2 Å². The Kier molecular flexibility index (Phi) is 6.39. The number of nitrogens with zero attached hydrogens (tertiary/aromatic N) is 1. The summed E-state index contributed by atoms with van der Waals surface area (Å²) in [5, 5.41) is 0. The van der Waals surface area contributed by atoms with Gasteiger partial charge in [0.05, 0.1) is 21.1 Å². The van der Waals surface area contributed by atoms with Crippen molar-refractivity contribution >= 4 is 5.97 Å². The van der Waals surface area contributed by atoms with E-state index in [2.05, 4.69) is 41.9 Å². The first kappa shape index (κ1) is 22.0. The van der Waals surface area contributed by atoms with Crippen LogP contribution in [0.4, 0.5) is 0 Å². The molecule has 0 bridgehead atoms. The number of halogens is 1. The van der Waals surface area contributed by atoms with Gasteiger partial charge in [-0.15, -0.1) is 0 Å². The first-order valence-electron chi connectivity index (χ1n) is 8.69. The fraction of sp³-hybridized carbons (Fsp3) is 0.650. The molecule has 1 heterocycles. The van der Waals surface area contributed by atoms with Crippen molar-refractivity contribution < 1.29 is 35.7 Å². The van der Waals surface area contributed by atoms with Crippen molar-refractivity contribution in [3.8, 4) is 11.5 Å². The fourth-order valence-corrected chi connectivity index (χ4v) is 3.66. The summed E-state index contributed by atoms with van der Waals surface area (Å²) in [7, 11) is 6.63. The topological polar surface area (TPSA) is 35.5 Å². The summed E-state index contributed by atoms with van der Waals surface area (Å²) in [4.78, 5) is 11.4. The van der Waals surface area contributed by atoms with Crippen LogP contribution in [0.2, 0.25) is 0 Å². The van der Waals surface area contributed by atoms with Crippen LogP contribution in [-0.4, -0.2) is 43.2 Å². The maximum absolute atomic E-state index is 11.4. The molecule has 0 aliphatic carbocycles. The number of quaternary nitrogens is 1. The Bertz CT molecular complexity index is 679. The van der Waals surface area contributed by atoms with Crippen LogP contribution in [0.25, 0.3) is 0 Å². The van der Waals surface area contributed by atoms with Gasteiger partial charge in [-0.25, -0.2) is 0 Å². The third kappa shape index (κ3) is 4.03. The molecule has 0 amide bonds. The standard InChI is InChI=1S/C20H32NO3.BrH/c1-12-13(2)19-17(14(3)18(12)23-16(5)22)10-11-20(6,24-19)15(4)21(7,8)9;/h15H,10-11H2,1-9H3;1H/q+1;/p-1. The highest BCUT2D eigenvalue weighted by Gasteiger charge is 2.45. The van der Waals surface area contributed by atoms with Gasteiger partial charge >= 0.3 is 5.97 Å². The third-order valence-electron chi connectivity index (χ3n) is 5.81. The number of hydrogen-bond acceptors (Lipinski definition) is 3. The lowest BCUT2D eigenvalue weighted by Crippen LogP contribution is -3.00. The summed E-state index contributed by atoms with van der Waals surface area (Å²) >= 11 is 0. The Labute approximate surface area is 162 Å². The molecule has 1 aromatic rings. The number of hydrogen-bond donors (Lipinski definition) is 0. The zero-order valence-corrected chi connectivity index (χ0v) is 18.6. The lowest BCUT2D eigenvalue weighted by Gasteiger charge is -2.46. The van der Waals surface area contributed by atoms with Crippen LogP contribution in [0.1, 0.15) is 49.4 Å². The highest BCUT2D eigenvalue weighted by molar-refractivity contribution is 5.72. The number of rotatable bonds is 3. The van der Waals surface area contributed by atoms with Crippen LogP contribution < -0.4 is 26.5 Å². The van der Waals surface area contributed by atoms with E-state index >= 15 is 0 Å². The van der Waals surface area contributed by atoms with E-state index in [1.165, 1.54) is 12.5 Å². The summed E-state index contributed by atoms with van der Waals surface area (Å²) in [6.45, 7) is 12.0. The molecule has 2 atom stereocenters. The first-order chi connectivity index (χ1) is 10.9. The Morgan fingerprint density at radius 3 is 2.20 bits per heavy atom. The van der Waals surface area contributed by atoms with E-state index in [1.54, 1.807) is 0 Å². The van der Waals surface area contributed by atoms with Crippen molar-refractivity contribution in [2.45, 2.75) is 66.0 Å². The molecule has 1 aliphatic rings. The van der Waals surface area contributed by atoms with Gasteiger partial charge in [-0.1, -0.05) is 0 Å². The molecule has 0 radical (unpaired) electrons. The van der Waals surface area contributed by atoms with Crippen LogP contribution in [0.15, 0.2) is 0 Å². The molecular weight excluding hydrogens is 382 g/mol. The number of ether oxygens (including phenoxy) is 2. The molecule has 4 nitrogen and oxygen atoms in total. The van der Waals surface area contributed by atoms with E-state index in [9.17, 15) is 4.79 Å². The summed E-state index contributed by atoms with van der Waals surface area (Å²) in [6, 6.07) is 0.360. The Hall–Kier alpha value is -1.07. The molecule has 0 saturated carbocycles. The van der Waals surface area contributed by atoms with Crippen molar-refractivity contribution in [3.63, 3.8) is 0 Å². The molecule has 1 aromatic carbocycles. The van der Waals surface area contributed by atoms with Gasteiger partial charge in [-0.3, -0.25) is 4.79 Å². The van der Waals surface area contributed by atoms with Gasteiger partial charge in [0.15, 0.2) is 5.60 Å². The van der Waals surface area contributed by atoms with Crippen LogP contribution in [0.5, 0.6) is 11.5 Å². The largest absolute Gasteiger partial charge is 1.00 e. The predicted octanol–water partition coefficient (Wildman–Crippen LogP) is 0.720. The van der Waals surface area contributed by atoms with Crippen molar-refractivity contribution in [2.75, 3.05) is 21.1 Å². The molecule has 0 aromatic heterocycles. The van der Waals surface area contributed by atoms with Crippen LogP contribution >= 0.6 is 0 Å². The minimum Gasteiger partial charge on any atom is -1.00 e. The van der Waals surface area contributed by atoms with E-state index in [-0.39, 0.29) is 28.6 Å². The van der Waals surface area contributed by atoms with Crippen LogP contribution in [0.3, 0.4) is 0 Å². The van der Waals surface area contributed by atoms with Crippen LogP contribution in [0, 0.1) is 20.8 Å². The average Bonchev–Trinajstić information content (AvgIpc) is 2.47. The first-order valence-corrected chi connectivity index (χ1v) is 8.69. The molecule has 0 fully saturated rings. The Morgan fingerprint density at radius 2 is 1.72 bits per heavy atom. The quantitative estimate of drug-likeness (QED) is 0.416. The third-order valence-corrected chi connectivity index (χ3v) is 5.81. The second kappa shape index (κ2) is 7.28. The smallest absolute Gasteiger partial charge is 0.308 e. The van der Waals surface area contributed by atoms with Crippen LogP contribution in [-0.2, 0) is 11.2 Å². The second-order valence-corrected chi connectivity index (χ2v) is 8.31. The number of fused-ring (bicyclic) bond motifs is 1. The van der Waals surface area contributed by atoms with Gasteiger partial charge in [0, 0.05) is 12.5 Å². The van der Waals surface area contributed by atoms with Gasteiger partial charge in [-0.2, -0.15) is 0 Å². The SMILES string of the molecule is CC(=O)Oc1c(C)c(C)c2c(c1C)CCC(C)(C(C)[N+](C)(C)C)O2.[Br-]. The molecule has 0 N–H and O–H groups in total. The molecule has 0 spiro atoms. The maximum atomic E-state index is 11.4. The van der Waals surface area contributed by atoms with E-state index in [0.717, 1.165) is 39.8 Å². The number of likely N-dealkylation sites (N-methyl/N-ethyl adjacent to an activating group) is 1. The number of carbonyl (C=O) groups excluding carboxylic acids is 1. The lowest BCUT2D eigenvalue weighted by atomic mass is 9.83. The zero-order chi connectivity index (χ0) is 18.4. The minimum atomic E-state index is -0.277. The monoisotopic (exact) mass is 413 g/mol. The summed E-state index contributed by atoms with van der Waals surface area (Å²) in [5.74, 6) is 1.40. The van der Waals surface area contributed by atoms with Crippen molar-refractivity contribution in [2.24, 2.45) is 0 Å². The Morgan fingerprint density at radius 1 is 1.16 bits per heavy atom.